The Morgan fingerprint density at radius 3 is 3.00 bits per heavy atom. The lowest BCUT2D eigenvalue weighted by atomic mass is 10.2. The summed E-state index contributed by atoms with van der Waals surface area (Å²) in [4.78, 5) is 0. The number of hydrogen-bond acceptors (Lipinski definition) is 2. The van der Waals surface area contributed by atoms with E-state index in [1.165, 1.54) is 11.3 Å². The number of hydrogen-bond donors (Lipinski definition) is 1. The van der Waals surface area contributed by atoms with Gasteiger partial charge in [-0.1, -0.05) is 12.5 Å². The zero-order valence-electron chi connectivity index (χ0n) is 9.25. The number of likely N-dealkylation sites (N-methyl/N-ethyl adjacent to an activating group) is 1. The third kappa shape index (κ3) is 3.00. The molecule has 0 aromatic carbocycles. The van der Waals surface area contributed by atoms with Crippen molar-refractivity contribution >= 4 is 6.08 Å². The number of nitrogens with zero attached hydrogens (tertiary/aromatic N) is 2. The minimum atomic E-state index is 0.924. The van der Waals surface area contributed by atoms with Gasteiger partial charge in [0.15, 0.2) is 0 Å². The Bertz CT molecular complexity index is 299. The fraction of sp³-hybridized carbons (Fsp3) is 0.545. The predicted molar refractivity (Wildman–Crippen MR) is 60.1 cm³/mol. The first-order chi connectivity index (χ1) is 6.77. The summed E-state index contributed by atoms with van der Waals surface area (Å²) in [6.45, 7) is 9.24. The van der Waals surface area contributed by atoms with Crippen LogP contribution in [0.25, 0.3) is 6.08 Å². The van der Waals surface area contributed by atoms with Crippen molar-refractivity contribution < 1.29 is 0 Å². The maximum atomic E-state index is 4.22. The molecule has 0 saturated heterocycles. The molecule has 0 aliphatic heterocycles. The lowest BCUT2D eigenvalue weighted by Crippen LogP contribution is -2.14. The molecular formula is C11H19N3. The van der Waals surface area contributed by atoms with Gasteiger partial charge in [0.1, 0.15) is 0 Å². The molecule has 0 aliphatic rings. The molecule has 1 N–H and O–H groups in total. The van der Waals surface area contributed by atoms with Gasteiger partial charge in [0, 0.05) is 19.3 Å². The zero-order chi connectivity index (χ0) is 10.4. The maximum Gasteiger partial charge on any atom is 0.0609 e. The molecule has 3 heteroatoms. The third-order valence-corrected chi connectivity index (χ3v) is 2.10. The Balaban J connectivity index is 2.65. The minimum absolute atomic E-state index is 0.924. The molecule has 0 fully saturated rings. The Kier molecular flexibility index (Phi) is 4.40. The molecule has 1 heterocycles. The monoisotopic (exact) mass is 193 g/mol. The number of aromatic nitrogens is 2. The summed E-state index contributed by atoms with van der Waals surface area (Å²) in [5.74, 6) is 0. The van der Waals surface area contributed by atoms with Crippen molar-refractivity contribution in [1.29, 1.82) is 0 Å². The average molecular weight is 193 g/mol. The smallest absolute Gasteiger partial charge is 0.0609 e. The van der Waals surface area contributed by atoms with Gasteiger partial charge in [-0.3, -0.25) is 4.68 Å². The maximum absolute atomic E-state index is 4.22. The highest BCUT2D eigenvalue weighted by Gasteiger charge is 1.97. The van der Waals surface area contributed by atoms with E-state index in [1.54, 1.807) is 0 Å². The molecule has 0 radical (unpaired) electrons. The second-order valence-electron chi connectivity index (χ2n) is 3.34. The number of rotatable bonds is 5. The van der Waals surface area contributed by atoms with Crippen LogP contribution in [0.15, 0.2) is 17.8 Å². The summed E-state index contributed by atoms with van der Waals surface area (Å²) in [6.07, 6.45) is 4.02. The van der Waals surface area contributed by atoms with Crippen LogP contribution in [0.1, 0.15) is 26.5 Å². The molecule has 1 rings (SSSR count). The molecule has 78 valence electrons. The molecule has 1 aromatic rings. The van der Waals surface area contributed by atoms with Gasteiger partial charge in [-0.15, -0.1) is 0 Å². The molecule has 0 unspecified atom stereocenters. The van der Waals surface area contributed by atoms with Crippen LogP contribution in [0.3, 0.4) is 0 Å². The van der Waals surface area contributed by atoms with Crippen LogP contribution < -0.4 is 5.32 Å². The van der Waals surface area contributed by atoms with E-state index in [-0.39, 0.29) is 0 Å². The van der Waals surface area contributed by atoms with E-state index in [0.717, 1.165) is 19.6 Å². The summed E-state index contributed by atoms with van der Waals surface area (Å²) in [5.41, 5.74) is 2.52. The van der Waals surface area contributed by atoms with E-state index in [9.17, 15) is 0 Å². The van der Waals surface area contributed by atoms with E-state index in [4.69, 9.17) is 0 Å². The molecule has 0 spiro atoms. The fourth-order valence-corrected chi connectivity index (χ4v) is 1.36. The van der Waals surface area contributed by atoms with Crippen molar-refractivity contribution in [2.75, 3.05) is 13.1 Å². The lowest BCUT2D eigenvalue weighted by Gasteiger charge is -2.03. The first kappa shape index (κ1) is 11.0. The zero-order valence-corrected chi connectivity index (χ0v) is 9.25. The molecule has 14 heavy (non-hydrogen) atoms. The lowest BCUT2D eigenvalue weighted by molar-refractivity contribution is 0.653. The second-order valence-corrected chi connectivity index (χ2v) is 3.34. The highest BCUT2D eigenvalue weighted by Crippen LogP contribution is 2.05. The second kappa shape index (κ2) is 5.60. The Morgan fingerprint density at radius 1 is 1.57 bits per heavy atom. The van der Waals surface area contributed by atoms with Gasteiger partial charge >= 0.3 is 0 Å². The summed E-state index contributed by atoms with van der Waals surface area (Å²) in [7, 11) is 0. The molecule has 1 aromatic heterocycles. The van der Waals surface area contributed by atoms with E-state index >= 15 is 0 Å². The average Bonchev–Trinajstić information content (AvgIpc) is 2.62. The molecule has 0 saturated carbocycles. The van der Waals surface area contributed by atoms with Crippen molar-refractivity contribution in [1.82, 2.24) is 15.1 Å². The Hall–Kier alpha value is -1.09. The van der Waals surface area contributed by atoms with Gasteiger partial charge in [0.2, 0.25) is 0 Å². The van der Waals surface area contributed by atoms with Crippen LogP contribution in [0.2, 0.25) is 0 Å². The van der Waals surface area contributed by atoms with Gasteiger partial charge < -0.3 is 5.32 Å². The van der Waals surface area contributed by atoms with E-state index in [1.807, 2.05) is 16.9 Å². The normalized spacial score (nSPS) is 12.1. The summed E-state index contributed by atoms with van der Waals surface area (Å²) >= 11 is 0. The van der Waals surface area contributed by atoms with Crippen molar-refractivity contribution in [3.63, 3.8) is 0 Å². The molecule has 0 bridgehead atoms. The third-order valence-electron chi connectivity index (χ3n) is 2.10. The summed E-state index contributed by atoms with van der Waals surface area (Å²) in [5, 5.41) is 7.52. The molecule has 0 aliphatic carbocycles. The van der Waals surface area contributed by atoms with Crippen LogP contribution >= 0.6 is 0 Å². The quantitative estimate of drug-likeness (QED) is 0.774. The molecule has 0 amide bonds. The van der Waals surface area contributed by atoms with Crippen molar-refractivity contribution in [2.45, 2.75) is 27.3 Å². The topological polar surface area (TPSA) is 29.9 Å². The summed E-state index contributed by atoms with van der Waals surface area (Å²) in [6, 6.07) is 2.04. The Morgan fingerprint density at radius 2 is 2.36 bits per heavy atom. The van der Waals surface area contributed by atoms with Crippen molar-refractivity contribution in [3.8, 4) is 0 Å². The van der Waals surface area contributed by atoms with E-state index in [2.05, 4.69) is 37.3 Å². The van der Waals surface area contributed by atoms with Gasteiger partial charge in [-0.05, 0) is 32.5 Å². The van der Waals surface area contributed by atoms with Crippen LogP contribution in [-0.2, 0) is 6.54 Å². The first-order valence-corrected chi connectivity index (χ1v) is 5.17. The van der Waals surface area contributed by atoms with Crippen molar-refractivity contribution in [2.24, 2.45) is 0 Å². The SMILES string of the molecule is CCNCC(C)=Cc1ccnn1CC. The largest absolute Gasteiger partial charge is 0.313 e. The molecular weight excluding hydrogens is 174 g/mol. The van der Waals surface area contributed by atoms with Crippen LogP contribution in [0.5, 0.6) is 0 Å². The molecule has 3 nitrogen and oxygen atoms in total. The van der Waals surface area contributed by atoms with Crippen LogP contribution in [-0.4, -0.2) is 22.9 Å². The van der Waals surface area contributed by atoms with Gasteiger partial charge in [0.25, 0.3) is 0 Å². The fourth-order valence-electron chi connectivity index (χ4n) is 1.36. The van der Waals surface area contributed by atoms with Gasteiger partial charge in [-0.25, -0.2) is 0 Å². The highest BCUT2D eigenvalue weighted by molar-refractivity contribution is 5.48. The molecule has 0 atom stereocenters. The van der Waals surface area contributed by atoms with Crippen LogP contribution in [0, 0.1) is 0 Å². The summed E-state index contributed by atoms with van der Waals surface area (Å²) < 4.78 is 2.00. The minimum Gasteiger partial charge on any atom is -0.313 e. The van der Waals surface area contributed by atoms with Gasteiger partial charge in [-0.2, -0.15) is 5.10 Å². The Labute approximate surface area is 85.8 Å². The van der Waals surface area contributed by atoms with E-state index in [0.29, 0.717) is 0 Å². The highest BCUT2D eigenvalue weighted by atomic mass is 15.3. The first-order valence-electron chi connectivity index (χ1n) is 5.17. The van der Waals surface area contributed by atoms with Crippen LogP contribution in [0.4, 0.5) is 0 Å². The standard InChI is InChI=1S/C11H19N3/c1-4-12-9-10(3)8-11-6-7-13-14(11)5-2/h6-8,12H,4-5,9H2,1-3H3. The van der Waals surface area contributed by atoms with E-state index < -0.39 is 0 Å². The number of nitrogens with one attached hydrogen (secondary N) is 1. The predicted octanol–water partition coefficient (Wildman–Crippen LogP) is 1.92. The van der Waals surface area contributed by atoms with Crippen molar-refractivity contribution in [3.05, 3.63) is 23.5 Å². The number of aryl methyl sites for hydroxylation is 1. The van der Waals surface area contributed by atoms with Gasteiger partial charge in [0.05, 0.1) is 5.69 Å².